The van der Waals surface area contributed by atoms with E-state index in [-0.39, 0.29) is 10.6 Å². The van der Waals surface area contributed by atoms with Gasteiger partial charge in [-0.3, -0.25) is 10.1 Å². The van der Waals surface area contributed by atoms with Crippen molar-refractivity contribution in [3.05, 3.63) is 94.0 Å². The summed E-state index contributed by atoms with van der Waals surface area (Å²) in [5.74, 6) is 1.64. The van der Waals surface area contributed by atoms with Crippen LogP contribution in [0.4, 0.5) is 11.4 Å². The molecule has 0 unspecified atom stereocenters. The van der Waals surface area contributed by atoms with Crippen LogP contribution in [0.5, 0.6) is 11.5 Å². The number of para-hydroxylation sites is 2. The van der Waals surface area contributed by atoms with Crippen LogP contribution in [-0.4, -0.2) is 11.5 Å². The van der Waals surface area contributed by atoms with Gasteiger partial charge in [-0.25, -0.2) is 0 Å². The van der Waals surface area contributed by atoms with E-state index in [2.05, 4.69) is 11.0 Å². The number of nitrogens with zero attached hydrogens (tertiary/aromatic N) is 2. The third-order valence-corrected chi connectivity index (χ3v) is 4.79. The van der Waals surface area contributed by atoms with E-state index < -0.39 is 0 Å². The van der Waals surface area contributed by atoms with Gasteiger partial charge in [-0.15, -0.1) is 0 Å². The maximum absolute atomic E-state index is 11.1. The number of rotatable bonds is 5. The molecule has 0 radical (unpaired) electrons. The van der Waals surface area contributed by atoms with Gasteiger partial charge in [0.15, 0.2) is 0 Å². The van der Waals surface area contributed by atoms with Gasteiger partial charge in [-0.2, -0.15) is 0 Å². The molecule has 0 saturated heterocycles. The van der Waals surface area contributed by atoms with Crippen molar-refractivity contribution >= 4 is 11.4 Å². The number of hydrogen-bond acceptors (Lipinski definition) is 4. The summed E-state index contributed by atoms with van der Waals surface area (Å²) in [6, 6.07) is 22.9. The first-order valence-electron chi connectivity index (χ1n) is 9.04. The van der Waals surface area contributed by atoms with Gasteiger partial charge in [0, 0.05) is 36.5 Å². The smallest absolute Gasteiger partial charge is 0.269 e. The highest BCUT2D eigenvalue weighted by Crippen LogP contribution is 2.33. The number of ether oxygens (including phenoxy) is 1. The Hall–Kier alpha value is -3.34. The molecule has 0 saturated carbocycles. The highest BCUT2D eigenvalue weighted by Gasteiger charge is 2.21. The van der Waals surface area contributed by atoms with E-state index in [1.807, 2.05) is 54.6 Å². The largest absolute Gasteiger partial charge is 0.457 e. The van der Waals surface area contributed by atoms with Gasteiger partial charge in [0.25, 0.3) is 5.69 Å². The van der Waals surface area contributed by atoms with Crippen LogP contribution < -0.4 is 9.64 Å². The zero-order valence-corrected chi connectivity index (χ0v) is 14.9. The molecule has 1 aliphatic rings. The van der Waals surface area contributed by atoms with Crippen LogP contribution in [0.1, 0.15) is 17.5 Å². The number of fused-ring (bicyclic) bond motifs is 1. The fraction of sp³-hybridized carbons (Fsp3) is 0.182. The molecule has 0 amide bonds. The molecule has 5 heteroatoms. The molecule has 0 fully saturated rings. The van der Waals surface area contributed by atoms with Crippen LogP contribution in [0.15, 0.2) is 72.8 Å². The summed E-state index contributed by atoms with van der Waals surface area (Å²) in [6.07, 6.45) is 1.85. The maximum atomic E-state index is 11.1. The van der Waals surface area contributed by atoms with Gasteiger partial charge in [-0.05, 0) is 42.7 Å². The van der Waals surface area contributed by atoms with Crippen molar-refractivity contribution in [3.8, 4) is 11.5 Å². The topological polar surface area (TPSA) is 55.6 Å². The lowest BCUT2D eigenvalue weighted by molar-refractivity contribution is -0.384. The van der Waals surface area contributed by atoms with Crippen molar-refractivity contribution in [2.45, 2.75) is 19.4 Å². The van der Waals surface area contributed by atoms with Crippen LogP contribution in [0.2, 0.25) is 0 Å². The van der Waals surface area contributed by atoms with Crippen LogP contribution in [0, 0.1) is 10.1 Å². The monoisotopic (exact) mass is 360 g/mol. The molecule has 0 aliphatic carbocycles. The fourth-order valence-electron chi connectivity index (χ4n) is 3.49. The molecule has 27 heavy (non-hydrogen) atoms. The molecular formula is C22H20N2O3. The minimum atomic E-state index is -0.331. The van der Waals surface area contributed by atoms with Crippen LogP contribution in [0.25, 0.3) is 0 Å². The molecule has 5 nitrogen and oxygen atoms in total. The highest BCUT2D eigenvalue weighted by atomic mass is 16.6. The zero-order valence-electron chi connectivity index (χ0n) is 14.9. The Morgan fingerprint density at radius 2 is 1.78 bits per heavy atom. The molecule has 0 spiro atoms. The van der Waals surface area contributed by atoms with Crippen molar-refractivity contribution in [1.82, 2.24) is 0 Å². The van der Waals surface area contributed by atoms with E-state index in [9.17, 15) is 10.1 Å². The molecule has 0 bridgehead atoms. The molecule has 136 valence electrons. The predicted octanol–water partition coefficient (Wildman–Crippen LogP) is 5.34. The quantitative estimate of drug-likeness (QED) is 0.455. The lowest BCUT2D eigenvalue weighted by Crippen LogP contribution is -2.29. The van der Waals surface area contributed by atoms with Gasteiger partial charge < -0.3 is 9.64 Å². The van der Waals surface area contributed by atoms with E-state index in [1.54, 1.807) is 12.1 Å². The summed E-state index contributed by atoms with van der Waals surface area (Å²) in [5, 5.41) is 11.1. The summed E-state index contributed by atoms with van der Waals surface area (Å²) in [7, 11) is 0. The summed E-state index contributed by atoms with van der Waals surface area (Å²) in [6.45, 7) is 1.62. The number of aryl methyl sites for hydroxylation is 1. The second-order valence-electron chi connectivity index (χ2n) is 6.62. The van der Waals surface area contributed by atoms with Crippen molar-refractivity contribution in [2.75, 3.05) is 11.4 Å². The normalized spacial score (nSPS) is 13.1. The summed E-state index contributed by atoms with van der Waals surface area (Å²) >= 11 is 0. The highest BCUT2D eigenvalue weighted by molar-refractivity contribution is 5.60. The van der Waals surface area contributed by atoms with E-state index in [1.165, 1.54) is 0 Å². The number of nitro benzene ring substituents is 1. The van der Waals surface area contributed by atoms with Gasteiger partial charge >= 0.3 is 0 Å². The van der Waals surface area contributed by atoms with Gasteiger partial charge in [0.1, 0.15) is 11.5 Å². The number of anilines is 1. The molecular weight excluding hydrogens is 340 g/mol. The van der Waals surface area contributed by atoms with Crippen LogP contribution in [-0.2, 0) is 13.0 Å². The lowest BCUT2D eigenvalue weighted by atomic mass is 10.00. The number of hydrogen-bond donors (Lipinski definition) is 0. The Morgan fingerprint density at radius 1 is 1.00 bits per heavy atom. The third-order valence-electron chi connectivity index (χ3n) is 4.79. The number of nitro groups is 1. The first-order chi connectivity index (χ1) is 13.2. The Kier molecular flexibility index (Phi) is 4.75. The Labute approximate surface area is 158 Å². The second-order valence-corrected chi connectivity index (χ2v) is 6.62. The van der Waals surface area contributed by atoms with Crippen molar-refractivity contribution in [3.63, 3.8) is 0 Å². The summed E-state index contributed by atoms with van der Waals surface area (Å²) in [5.41, 5.74) is 3.36. The van der Waals surface area contributed by atoms with Crippen molar-refractivity contribution in [1.29, 1.82) is 0 Å². The standard InChI is InChI=1S/C22H20N2O3/c25-24(26)19-12-13-21-17(15-19)8-6-14-23(21)16-18-7-4-5-11-22(18)27-20-9-2-1-3-10-20/h1-5,7,9-13,15H,6,8,14,16H2. The van der Waals surface area contributed by atoms with Crippen LogP contribution >= 0.6 is 0 Å². The first kappa shape index (κ1) is 17.1. The molecule has 0 aromatic heterocycles. The lowest BCUT2D eigenvalue weighted by Gasteiger charge is -2.31. The Balaban J connectivity index is 1.60. The molecule has 3 aromatic carbocycles. The molecule has 1 aliphatic heterocycles. The predicted molar refractivity (Wildman–Crippen MR) is 105 cm³/mol. The Morgan fingerprint density at radius 3 is 2.59 bits per heavy atom. The van der Waals surface area contributed by atoms with Crippen LogP contribution in [0.3, 0.4) is 0 Å². The second kappa shape index (κ2) is 7.50. The SMILES string of the molecule is O=[N+]([O-])c1ccc2c(c1)CCCN2Cc1ccccc1Oc1ccccc1. The number of non-ortho nitro benzene ring substituents is 1. The molecule has 3 aromatic rings. The summed E-state index contributed by atoms with van der Waals surface area (Å²) < 4.78 is 6.07. The van der Waals surface area contributed by atoms with Crippen molar-refractivity contribution in [2.24, 2.45) is 0 Å². The Bertz CT molecular complexity index is 957. The van der Waals surface area contributed by atoms with Gasteiger partial charge in [0.05, 0.1) is 4.92 Å². The van der Waals surface area contributed by atoms with E-state index in [4.69, 9.17) is 4.74 Å². The average Bonchev–Trinajstić information content (AvgIpc) is 2.70. The molecule has 0 atom stereocenters. The van der Waals surface area contributed by atoms with Gasteiger partial charge in [0.2, 0.25) is 0 Å². The molecule has 0 N–H and O–H groups in total. The van der Waals surface area contributed by atoms with E-state index >= 15 is 0 Å². The summed E-state index contributed by atoms with van der Waals surface area (Å²) in [4.78, 5) is 13.0. The van der Waals surface area contributed by atoms with E-state index in [0.717, 1.165) is 47.7 Å². The van der Waals surface area contributed by atoms with Crippen molar-refractivity contribution < 1.29 is 9.66 Å². The fourth-order valence-corrected chi connectivity index (χ4v) is 3.49. The average molecular weight is 360 g/mol. The first-order valence-corrected chi connectivity index (χ1v) is 9.04. The van der Waals surface area contributed by atoms with Gasteiger partial charge in [-0.1, -0.05) is 36.4 Å². The molecule has 4 rings (SSSR count). The third kappa shape index (κ3) is 3.77. The minimum absolute atomic E-state index is 0.156. The minimum Gasteiger partial charge on any atom is -0.457 e. The zero-order chi connectivity index (χ0) is 18.6. The molecule has 1 heterocycles. The number of benzene rings is 3. The maximum Gasteiger partial charge on any atom is 0.269 e. The van der Waals surface area contributed by atoms with E-state index in [0.29, 0.717) is 6.54 Å².